The van der Waals surface area contributed by atoms with Gasteiger partial charge in [-0.25, -0.2) is 0 Å². The van der Waals surface area contributed by atoms with Gasteiger partial charge in [0, 0.05) is 10.8 Å². The summed E-state index contributed by atoms with van der Waals surface area (Å²) in [6.07, 6.45) is 2.93. The summed E-state index contributed by atoms with van der Waals surface area (Å²) in [6.45, 7) is 40.2. The number of aryl methyl sites for hydroxylation is 2. The van der Waals surface area contributed by atoms with E-state index in [1.54, 1.807) is 0 Å². The van der Waals surface area contributed by atoms with E-state index in [-0.39, 0.29) is 16.2 Å². The molecule has 3 aliphatic rings. The van der Waals surface area contributed by atoms with Gasteiger partial charge in [-0.1, -0.05) is 124 Å². The van der Waals surface area contributed by atoms with Gasteiger partial charge in [-0.2, -0.15) is 0 Å². The van der Waals surface area contributed by atoms with E-state index in [1.807, 2.05) is 0 Å². The van der Waals surface area contributed by atoms with Gasteiger partial charge in [-0.3, -0.25) is 0 Å². The van der Waals surface area contributed by atoms with Gasteiger partial charge in [0.1, 0.15) is 0 Å². The molecule has 0 aliphatic heterocycles. The maximum absolute atomic E-state index is 4.87. The van der Waals surface area contributed by atoms with Crippen LogP contribution in [0.2, 0.25) is 0 Å². The first-order valence-corrected chi connectivity index (χ1v) is 15.4. The molecule has 0 saturated heterocycles. The molecule has 0 fully saturated rings. The van der Waals surface area contributed by atoms with Crippen molar-refractivity contribution in [1.82, 2.24) is 0 Å². The number of benzene rings is 2. The molecule has 0 nitrogen and oxygen atoms in total. The van der Waals surface area contributed by atoms with Gasteiger partial charge < -0.3 is 0 Å². The van der Waals surface area contributed by atoms with Gasteiger partial charge >= 0.3 is 0 Å². The maximum Gasteiger partial charge on any atom is 0.0197 e. The second-order valence-corrected chi connectivity index (χ2v) is 14.3. The average molecular weight is 543 g/mol. The average Bonchev–Trinajstić information content (AvgIpc) is 2.89. The second kappa shape index (κ2) is 9.72. The van der Waals surface area contributed by atoms with Crippen molar-refractivity contribution in [3.05, 3.63) is 136 Å². The predicted molar refractivity (Wildman–Crippen MR) is 179 cm³/mol. The van der Waals surface area contributed by atoms with Crippen LogP contribution in [-0.4, -0.2) is 0 Å². The zero-order valence-electron chi connectivity index (χ0n) is 27.1. The van der Waals surface area contributed by atoms with E-state index < -0.39 is 0 Å². The van der Waals surface area contributed by atoms with Crippen LogP contribution < -0.4 is 0 Å². The molecular weight excluding hydrogens is 492 g/mol. The van der Waals surface area contributed by atoms with Crippen LogP contribution in [0.3, 0.4) is 0 Å². The van der Waals surface area contributed by atoms with E-state index in [0.717, 1.165) is 24.8 Å². The molecule has 0 heterocycles. The minimum absolute atomic E-state index is 0.0401. The molecule has 5 rings (SSSR count). The summed E-state index contributed by atoms with van der Waals surface area (Å²) in [6, 6.07) is 15.8. The largest absolute Gasteiger partial charge is 0.0995 e. The molecule has 214 valence electrons. The summed E-state index contributed by atoms with van der Waals surface area (Å²) in [7, 11) is 0. The van der Waals surface area contributed by atoms with Gasteiger partial charge in [-0.15, -0.1) is 0 Å². The molecular formula is C41H50. The van der Waals surface area contributed by atoms with Crippen molar-refractivity contribution in [2.45, 2.75) is 87.5 Å². The molecule has 0 N–H and O–H groups in total. The lowest BCUT2D eigenvalue weighted by atomic mass is 9.36. The van der Waals surface area contributed by atoms with Crippen LogP contribution in [0.1, 0.15) is 95.0 Å². The minimum atomic E-state index is -0.215. The maximum atomic E-state index is 4.87. The number of hydrogen-bond acceptors (Lipinski definition) is 0. The summed E-state index contributed by atoms with van der Waals surface area (Å²) in [5, 5.41) is 0. The zero-order chi connectivity index (χ0) is 30.2. The number of rotatable bonds is 5. The van der Waals surface area contributed by atoms with E-state index in [1.165, 1.54) is 66.8 Å². The van der Waals surface area contributed by atoms with Crippen molar-refractivity contribution in [3.8, 4) is 0 Å². The highest BCUT2D eigenvalue weighted by Gasteiger charge is 2.66. The lowest BCUT2D eigenvalue weighted by Crippen LogP contribution is -2.59. The standard InChI is InChI=1S/C41H50/c1-24(2)36-28(6)23-39(11)35(22-26(4)21-33-19-17-25(3)18-20-33)40(12)30(8)34-16-14-15-27(5)37(34)29(7)38(40)32(10)41(39,13)31(36)9/h14-20,30,35H,1,4,7,9,21-23H2,2-3,5-6,8,10-13H3/t30-,35+,39+,40-,41-/m1/s1. The van der Waals surface area contributed by atoms with E-state index in [0.29, 0.717) is 11.8 Å². The van der Waals surface area contributed by atoms with E-state index >= 15 is 0 Å². The third kappa shape index (κ3) is 3.93. The van der Waals surface area contributed by atoms with Crippen molar-refractivity contribution in [1.29, 1.82) is 0 Å². The predicted octanol–water partition coefficient (Wildman–Crippen LogP) is 11.4. The highest BCUT2D eigenvalue weighted by Crippen LogP contribution is 2.75. The summed E-state index contributed by atoms with van der Waals surface area (Å²) in [5.74, 6) is 0.710. The van der Waals surface area contributed by atoms with E-state index in [2.05, 4.69) is 111 Å². The number of allylic oxidation sites excluding steroid dienone is 8. The quantitative estimate of drug-likeness (QED) is 0.330. The van der Waals surface area contributed by atoms with Crippen LogP contribution in [0.25, 0.3) is 5.57 Å². The molecule has 5 atom stereocenters. The highest BCUT2D eigenvalue weighted by atomic mass is 14.7. The molecule has 41 heavy (non-hydrogen) atoms. The van der Waals surface area contributed by atoms with Crippen molar-refractivity contribution < 1.29 is 0 Å². The third-order valence-electron chi connectivity index (χ3n) is 12.0. The Kier molecular flexibility index (Phi) is 6.97. The Bertz CT molecular complexity index is 1570. The highest BCUT2D eigenvalue weighted by molar-refractivity contribution is 5.87. The van der Waals surface area contributed by atoms with Crippen LogP contribution in [0.15, 0.2) is 108 Å². The SMILES string of the molecule is C=C(Cc1ccc(C)cc1)C[C@@H]1[C@]2(C)C(=C(C)[C@@]3(C)C(=C)C(C(=C)C)=C(C)C[C@@]13C)C(=C)c1c(C)cccc1[C@H]2C. The van der Waals surface area contributed by atoms with Gasteiger partial charge in [0.2, 0.25) is 0 Å². The third-order valence-corrected chi connectivity index (χ3v) is 12.0. The lowest BCUT2D eigenvalue weighted by Gasteiger charge is -2.67. The Hall–Kier alpha value is -3.12. The van der Waals surface area contributed by atoms with Crippen molar-refractivity contribution in [2.24, 2.45) is 22.2 Å². The molecule has 0 aromatic heterocycles. The molecule has 0 bridgehead atoms. The van der Waals surface area contributed by atoms with Crippen LogP contribution in [0, 0.1) is 36.0 Å². The normalized spacial score (nSPS) is 31.0. The van der Waals surface area contributed by atoms with Crippen LogP contribution in [0.5, 0.6) is 0 Å². The summed E-state index contributed by atoms with van der Waals surface area (Å²) >= 11 is 0. The van der Waals surface area contributed by atoms with Crippen LogP contribution >= 0.6 is 0 Å². The minimum Gasteiger partial charge on any atom is -0.0995 e. The van der Waals surface area contributed by atoms with Gasteiger partial charge in [-0.05, 0) is 116 Å². The number of hydrogen-bond donors (Lipinski definition) is 0. The van der Waals surface area contributed by atoms with Crippen LogP contribution in [-0.2, 0) is 6.42 Å². The first-order chi connectivity index (χ1) is 19.1. The molecule has 0 radical (unpaired) electrons. The Morgan fingerprint density at radius 2 is 1.56 bits per heavy atom. The van der Waals surface area contributed by atoms with Gasteiger partial charge in [0.15, 0.2) is 0 Å². The summed E-state index contributed by atoms with van der Waals surface area (Å²) in [5.41, 5.74) is 16.9. The second-order valence-electron chi connectivity index (χ2n) is 14.3. The first-order valence-electron chi connectivity index (χ1n) is 15.4. The fraction of sp³-hybridized carbons (Fsp3) is 0.415. The van der Waals surface area contributed by atoms with Gasteiger partial charge in [0.25, 0.3) is 0 Å². The monoisotopic (exact) mass is 542 g/mol. The van der Waals surface area contributed by atoms with Crippen LogP contribution in [0.4, 0.5) is 0 Å². The lowest BCUT2D eigenvalue weighted by molar-refractivity contribution is -0.0370. The molecule has 0 amide bonds. The molecule has 0 heteroatoms. The molecule has 2 aromatic carbocycles. The fourth-order valence-electron chi connectivity index (χ4n) is 9.68. The fourth-order valence-corrected chi connectivity index (χ4v) is 9.68. The topological polar surface area (TPSA) is 0 Å². The summed E-state index contributed by atoms with van der Waals surface area (Å²) < 4.78 is 0. The van der Waals surface area contributed by atoms with Crippen molar-refractivity contribution >= 4 is 5.57 Å². The Morgan fingerprint density at radius 3 is 2.17 bits per heavy atom. The number of fused-ring (bicyclic) bond motifs is 3. The molecule has 0 spiro atoms. The first kappa shape index (κ1) is 29.4. The molecule has 3 aliphatic carbocycles. The Morgan fingerprint density at radius 1 is 0.927 bits per heavy atom. The Balaban J connectivity index is 1.77. The molecule has 0 unspecified atom stereocenters. The molecule has 0 saturated carbocycles. The smallest absolute Gasteiger partial charge is 0.0197 e. The molecule has 2 aromatic rings. The Labute approximate surface area is 250 Å². The zero-order valence-corrected chi connectivity index (χ0v) is 27.1. The van der Waals surface area contributed by atoms with Crippen molar-refractivity contribution in [2.75, 3.05) is 0 Å². The van der Waals surface area contributed by atoms with E-state index in [4.69, 9.17) is 19.7 Å². The summed E-state index contributed by atoms with van der Waals surface area (Å²) in [4.78, 5) is 0. The van der Waals surface area contributed by atoms with Crippen molar-refractivity contribution in [3.63, 3.8) is 0 Å². The van der Waals surface area contributed by atoms with E-state index in [9.17, 15) is 0 Å². The van der Waals surface area contributed by atoms with Gasteiger partial charge in [0.05, 0.1) is 0 Å².